The van der Waals surface area contributed by atoms with Gasteiger partial charge in [-0.25, -0.2) is 14.6 Å². The highest BCUT2D eigenvalue weighted by atomic mass is 19.4. The van der Waals surface area contributed by atoms with Crippen molar-refractivity contribution < 1.29 is 23.1 Å². The monoisotopic (exact) mass is 467 g/mol. The minimum absolute atomic E-state index is 0.0345. The van der Waals surface area contributed by atoms with Crippen molar-refractivity contribution in [1.29, 1.82) is 0 Å². The van der Waals surface area contributed by atoms with Gasteiger partial charge in [-0.3, -0.25) is 9.59 Å². The number of phenols is 1. The van der Waals surface area contributed by atoms with Crippen molar-refractivity contribution in [3.8, 4) is 22.8 Å². The van der Waals surface area contributed by atoms with E-state index in [1.807, 2.05) is 0 Å². The number of phenolic OH excluding ortho intramolecular Hbond substituents is 1. The maximum absolute atomic E-state index is 13.5. The van der Waals surface area contributed by atoms with Crippen molar-refractivity contribution >= 4 is 11.6 Å². The van der Waals surface area contributed by atoms with Crippen molar-refractivity contribution in [2.24, 2.45) is 0 Å². The zero-order valence-corrected chi connectivity index (χ0v) is 17.5. The van der Waals surface area contributed by atoms with E-state index < -0.39 is 28.8 Å². The molecule has 0 aliphatic rings. The van der Waals surface area contributed by atoms with Gasteiger partial charge in [-0.2, -0.15) is 18.3 Å². The Morgan fingerprint density at radius 3 is 2.41 bits per heavy atom. The predicted molar refractivity (Wildman–Crippen MR) is 117 cm³/mol. The molecular weight excluding hydrogens is 451 g/mol. The fraction of sp³-hybridized carbons (Fsp3) is 0.0870. The summed E-state index contributed by atoms with van der Waals surface area (Å²) in [6, 6.07) is 12.0. The number of halogens is 3. The largest absolute Gasteiger partial charge is 0.508 e. The zero-order valence-electron chi connectivity index (χ0n) is 17.5. The van der Waals surface area contributed by atoms with Gasteiger partial charge in [-0.05, 0) is 31.2 Å². The molecule has 0 bridgehead atoms. The number of aryl methyl sites for hydroxylation is 1. The summed E-state index contributed by atoms with van der Waals surface area (Å²) in [5.41, 5.74) is -1.83. The summed E-state index contributed by atoms with van der Waals surface area (Å²) in [6.07, 6.45) is -2.09. The van der Waals surface area contributed by atoms with E-state index in [2.05, 4.69) is 20.4 Å². The highest BCUT2D eigenvalue weighted by Gasteiger charge is 2.34. The Morgan fingerprint density at radius 1 is 1.03 bits per heavy atom. The number of carbonyl (C=O) groups excluding carboxylic acids is 1. The lowest BCUT2D eigenvalue weighted by Crippen LogP contribution is -2.27. The minimum Gasteiger partial charge on any atom is -0.508 e. The van der Waals surface area contributed by atoms with Crippen molar-refractivity contribution in [3.63, 3.8) is 0 Å². The molecule has 0 fully saturated rings. The third-order valence-electron chi connectivity index (χ3n) is 4.77. The summed E-state index contributed by atoms with van der Waals surface area (Å²) in [7, 11) is 0. The fourth-order valence-corrected chi connectivity index (χ4v) is 3.22. The van der Waals surface area contributed by atoms with Gasteiger partial charge in [0, 0.05) is 17.3 Å². The van der Waals surface area contributed by atoms with E-state index in [-0.39, 0.29) is 28.6 Å². The molecule has 8 nitrogen and oxygen atoms in total. The summed E-state index contributed by atoms with van der Waals surface area (Å²) in [6.45, 7) is 1.41. The van der Waals surface area contributed by atoms with E-state index in [0.717, 1.165) is 16.8 Å². The van der Waals surface area contributed by atoms with Crippen LogP contribution in [0, 0.1) is 6.92 Å². The molecule has 2 aromatic carbocycles. The number of amides is 1. The number of carbonyl (C=O) groups is 1. The molecule has 4 aromatic rings. The first-order valence-corrected chi connectivity index (χ1v) is 9.84. The Bertz CT molecular complexity index is 1430. The number of aromatic hydroxyl groups is 1. The average molecular weight is 467 g/mol. The van der Waals surface area contributed by atoms with E-state index in [4.69, 9.17) is 0 Å². The summed E-state index contributed by atoms with van der Waals surface area (Å²) >= 11 is 0. The van der Waals surface area contributed by atoms with Crippen molar-refractivity contribution in [3.05, 3.63) is 94.2 Å². The summed E-state index contributed by atoms with van der Waals surface area (Å²) in [5.74, 6) is -0.613. The highest BCUT2D eigenvalue weighted by Crippen LogP contribution is 2.33. The van der Waals surface area contributed by atoms with Gasteiger partial charge in [0.15, 0.2) is 11.5 Å². The Hall–Kier alpha value is -4.54. The lowest BCUT2D eigenvalue weighted by Gasteiger charge is -2.16. The summed E-state index contributed by atoms with van der Waals surface area (Å²) < 4.78 is 41.3. The third-order valence-corrected chi connectivity index (χ3v) is 4.77. The molecule has 2 aromatic heterocycles. The lowest BCUT2D eigenvalue weighted by atomic mass is 10.1. The second kappa shape index (κ2) is 8.77. The van der Waals surface area contributed by atoms with Crippen LogP contribution in [0.25, 0.3) is 17.1 Å². The first-order chi connectivity index (χ1) is 16.1. The Balaban J connectivity index is 1.65. The maximum atomic E-state index is 13.5. The van der Waals surface area contributed by atoms with Crippen LogP contribution in [-0.4, -0.2) is 30.8 Å². The molecule has 0 aliphatic carbocycles. The molecule has 4 rings (SSSR count). The number of hydrogen-bond donors (Lipinski definition) is 2. The topological polar surface area (TPSA) is 110 Å². The molecular formula is C23H16F3N5O3. The molecule has 0 saturated heterocycles. The van der Waals surface area contributed by atoms with Crippen LogP contribution in [0.4, 0.5) is 18.9 Å². The SMILES string of the molecule is Cc1cc(=O)c(C(=O)Nc2cnc(-c3cccc(O)c3)nc2)nn1-c1ccccc1C(F)(F)F. The van der Waals surface area contributed by atoms with E-state index in [9.17, 15) is 27.9 Å². The first kappa shape index (κ1) is 22.6. The quantitative estimate of drug-likeness (QED) is 0.470. The number of benzene rings is 2. The van der Waals surface area contributed by atoms with Crippen LogP contribution < -0.4 is 10.7 Å². The molecule has 0 atom stereocenters. The molecule has 172 valence electrons. The first-order valence-electron chi connectivity index (χ1n) is 9.84. The van der Waals surface area contributed by atoms with Gasteiger partial charge >= 0.3 is 6.18 Å². The van der Waals surface area contributed by atoms with Gasteiger partial charge in [0.05, 0.1) is 29.3 Å². The standard InChI is InChI=1S/C23H16F3N5O3/c1-13-9-19(33)20(30-31(13)18-8-3-2-7-17(18)23(24,25)26)22(34)29-15-11-27-21(28-12-15)14-5-4-6-16(32)10-14/h2-12,32H,1H3,(H,29,34). The number of para-hydroxylation sites is 1. The summed E-state index contributed by atoms with van der Waals surface area (Å²) in [5, 5.41) is 15.9. The second-order valence-electron chi connectivity index (χ2n) is 7.23. The van der Waals surface area contributed by atoms with Crippen LogP contribution >= 0.6 is 0 Å². The molecule has 2 heterocycles. The van der Waals surface area contributed by atoms with Crippen molar-refractivity contribution in [2.45, 2.75) is 13.1 Å². The Morgan fingerprint density at radius 2 is 1.74 bits per heavy atom. The van der Waals surface area contributed by atoms with Gasteiger partial charge in [-0.15, -0.1) is 0 Å². The second-order valence-corrected chi connectivity index (χ2v) is 7.23. The van der Waals surface area contributed by atoms with Crippen molar-refractivity contribution in [2.75, 3.05) is 5.32 Å². The number of alkyl halides is 3. The van der Waals surface area contributed by atoms with Crippen molar-refractivity contribution in [1.82, 2.24) is 19.7 Å². The Labute approximate surface area is 190 Å². The Kier molecular flexibility index (Phi) is 5.84. The van der Waals surface area contributed by atoms with Gasteiger partial charge < -0.3 is 10.4 Å². The molecule has 0 saturated carbocycles. The van der Waals surface area contributed by atoms with E-state index in [1.54, 1.807) is 12.1 Å². The number of nitrogens with zero attached hydrogens (tertiary/aromatic N) is 4. The number of anilines is 1. The number of aromatic nitrogens is 4. The van der Waals surface area contributed by atoms with Crippen LogP contribution in [0.1, 0.15) is 21.7 Å². The van der Waals surface area contributed by atoms with Gasteiger partial charge in [0.1, 0.15) is 5.75 Å². The van der Waals surface area contributed by atoms with Gasteiger partial charge in [0.25, 0.3) is 5.91 Å². The van der Waals surface area contributed by atoms with Crippen LogP contribution in [0.15, 0.2) is 71.8 Å². The lowest BCUT2D eigenvalue weighted by molar-refractivity contribution is -0.137. The van der Waals surface area contributed by atoms with Gasteiger partial charge in [-0.1, -0.05) is 24.3 Å². The molecule has 34 heavy (non-hydrogen) atoms. The fourth-order valence-electron chi connectivity index (χ4n) is 3.22. The average Bonchev–Trinajstić information content (AvgIpc) is 2.79. The molecule has 0 aliphatic heterocycles. The van der Waals surface area contributed by atoms with Crippen LogP contribution in [0.3, 0.4) is 0 Å². The minimum atomic E-state index is -4.66. The van der Waals surface area contributed by atoms with Crippen LogP contribution in [0.2, 0.25) is 0 Å². The predicted octanol–water partition coefficient (Wildman–Crippen LogP) is 3.97. The van der Waals surface area contributed by atoms with Gasteiger partial charge in [0.2, 0.25) is 5.43 Å². The maximum Gasteiger partial charge on any atom is 0.418 e. The molecule has 2 N–H and O–H groups in total. The highest BCUT2D eigenvalue weighted by molar-refractivity contribution is 6.02. The third kappa shape index (κ3) is 4.63. The molecule has 0 spiro atoms. The van der Waals surface area contributed by atoms with Crippen LogP contribution in [-0.2, 0) is 6.18 Å². The number of hydrogen-bond acceptors (Lipinski definition) is 6. The molecule has 11 heteroatoms. The molecule has 0 radical (unpaired) electrons. The normalized spacial score (nSPS) is 11.3. The summed E-state index contributed by atoms with van der Waals surface area (Å²) in [4.78, 5) is 33.3. The smallest absolute Gasteiger partial charge is 0.418 e. The van der Waals surface area contributed by atoms with E-state index in [0.29, 0.717) is 5.56 Å². The zero-order chi connectivity index (χ0) is 24.5. The molecule has 0 unspecified atom stereocenters. The van der Waals surface area contributed by atoms with Crippen LogP contribution in [0.5, 0.6) is 5.75 Å². The van der Waals surface area contributed by atoms with E-state index >= 15 is 0 Å². The molecule has 1 amide bonds. The number of nitrogens with one attached hydrogen (secondary N) is 1. The number of rotatable bonds is 4. The van der Waals surface area contributed by atoms with E-state index in [1.165, 1.54) is 49.6 Å².